The molecule has 1 aliphatic heterocycles. The Morgan fingerprint density at radius 2 is 2.07 bits per heavy atom. The molecule has 0 aliphatic carbocycles. The number of piperidine rings is 1. The minimum Gasteiger partial charge on any atom is -0.480 e. The summed E-state index contributed by atoms with van der Waals surface area (Å²) in [5.74, 6) is 2.21. The number of H-pyrrole nitrogens is 1. The molecule has 1 saturated heterocycles. The maximum atomic E-state index is 13.1. The van der Waals surface area contributed by atoms with Crippen molar-refractivity contribution in [2.75, 3.05) is 25.1 Å². The molecule has 8 nitrogen and oxygen atoms in total. The molecule has 1 aliphatic rings. The van der Waals surface area contributed by atoms with Gasteiger partial charge in [0, 0.05) is 19.2 Å². The van der Waals surface area contributed by atoms with Gasteiger partial charge in [0.25, 0.3) is 0 Å². The molecule has 1 amide bonds. The van der Waals surface area contributed by atoms with E-state index in [1.165, 1.54) is 0 Å². The Morgan fingerprint density at radius 3 is 2.77 bits per heavy atom. The largest absolute Gasteiger partial charge is 0.480 e. The van der Waals surface area contributed by atoms with Gasteiger partial charge >= 0.3 is 0 Å². The highest BCUT2D eigenvalue weighted by Gasteiger charge is 2.30. The number of ether oxygens (including phenoxy) is 1. The number of rotatable bonds is 6. The zero-order valence-electron chi connectivity index (χ0n) is 17.6. The number of imidazole rings is 1. The summed E-state index contributed by atoms with van der Waals surface area (Å²) < 4.78 is 5.08. The van der Waals surface area contributed by atoms with E-state index >= 15 is 0 Å². The number of hydrogen-bond donors (Lipinski definition) is 2. The fourth-order valence-corrected chi connectivity index (χ4v) is 3.93. The third-order valence-corrected chi connectivity index (χ3v) is 5.62. The van der Waals surface area contributed by atoms with Crippen LogP contribution in [0, 0.1) is 11.8 Å². The van der Waals surface area contributed by atoms with Gasteiger partial charge in [-0.2, -0.15) is 0 Å². The lowest BCUT2D eigenvalue weighted by molar-refractivity contribution is -0.126. The van der Waals surface area contributed by atoms with E-state index in [-0.39, 0.29) is 23.8 Å². The highest BCUT2D eigenvalue weighted by Crippen LogP contribution is 2.26. The third kappa shape index (κ3) is 4.22. The van der Waals surface area contributed by atoms with Crippen LogP contribution < -0.4 is 15.0 Å². The van der Waals surface area contributed by atoms with Crippen LogP contribution in [0.25, 0.3) is 11.0 Å². The smallest absolute Gasteiger partial charge is 0.233 e. The van der Waals surface area contributed by atoms with Gasteiger partial charge in [0.05, 0.1) is 30.1 Å². The normalized spacial score (nSPS) is 17.9. The fraction of sp³-hybridized carbons (Fsp3) is 0.455. The fourth-order valence-electron chi connectivity index (χ4n) is 3.93. The minimum atomic E-state index is -0.166. The van der Waals surface area contributed by atoms with Crippen molar-refractivity contribution in [2.45, 2.75) is 32.7 Å². The molecular weight excluding hydrogens is 380 g/mol. The zero-order valence-corrected chi connectivity index (χ0v) is 17.6. The number of amides is 1. The summed E-state index contributed by atoms with van der Waals surface area (Å²) in [6.07, 6.45) is 1.79. The molecule has 0 spiro atoms. The number of hydrogen-bond acceptors (Lipinski definition) is 6. The van der Waals surface area contributed by atoms with Crippen LogP contribution in [0.1, 0.15) is 38.6 Å². The van der Waals surface area contributed by atoms with Crippen LogP contribution in [0.3, 0.4) is 0 Å². The van der Waals surface area contributed by atoms with E-state index < -0.39 is 0 Å². The first-order chi connectivity index (χ1) is 14.5. The van der Waals surface area contributed by atoms with E-state index in [1.807, 2.05) is 30.3 Å². The van der Waals surface area contributed by atoms with E-state index in [9.17, 15) is 4.79 Å². The summed E-state index contributed by atoms with van der Waals surface area (Å²) in [5.41, 5.74) is 1.89. The quantitative estimate of drug-likeness (QED) is 0.651. The van der Waals surface area contributed by atoms with Gasteiger partial charge in [0.2, 0.25) is 11.8 Å². The summed E-state index contributed by atoms with van der Waals surface area (Å²) in [4.78, 5) is 23.3. The molecule has 2 atom stereocenters. The summed E-state index contributed by atoms with van der Waals surface area (Å²) in [5, 5.41) is 11.5. The van der Waals surface area contributed by atoms with Crippen LogP contribution in [-0.2, 0) is 4.79 Å². The predicted octanol–water partition coefficient (Wildman–Crippen LogP) is 3.09. The maximum Gasteiger partial charge on any atom is 0.233 e. The highest BCUT2D eigenvalue weighted by atomic mass is 16.5. The Labute approximate surface area is 176 Å². The van der Waals surface area contributed by atoms with E-state index in [2.05, 4.69) is 39.2 Å². The number of fused-ring (bicyclic) bond motifs is 1. The molecule has 2 unspecified atom stereocenters. The summed E-state index contributed by atoms with van der Waals surface area (Å²) >= 11 is 0. The molecule has 8 heteroatoms. The molecule has 30 heavy (non-hydrogen) atoms. The molecule has 0 saturated carbocycles. The Balaban J connectivity index is 1.46. The van der Waals surface area contributed by atoms with Crippen LogP contribution in [0.2, 0.25) is 0 Å². The number of aromatic amines is 1. The van der Waals surface area contributed by atoms with Crippen molar-refractivity contribution >= 4 is 22.8 Å². The summed E-state index contributed by atoms with van der Waals surface area (Å²) in [6, 6.07) is 11.4. The number of nitrogens with zero attached hydrogens (tertiary/aromatic N) is 4. The summed E-state index contributed by atoms with van der Waals surface area (Å²) in [7, 11) is 1.57. The second-order valence-electron chi connectivity index (χ2n) is 8.09. The molecule has 3 aromatic rings. The first kappa shape index (κ1) is 20.1. The number of nitrogens with one attached hydrogen (secondary N) is 2. The molecule has 158 valence electrons. The Kier molecular flexibility index (Phi) is 5.83. The van der Waals surface area contributed by atoms with Gasteiger partial charge in [-0.3, -0.25) is 4.79 Å². The molecular formula is C22H28N6O2. The molecule has 3 heterocycles. The molecule has 2 N–H and O–H groups in total. The van der Waals surface area contributed by atoms with E-state index in [4.69, 9.17) is 9.72 Å². The molecule has 4 rings (SSSR count). The lowest BCUT2D eigenvalue weighted by Crippen LogP contribution is -2.45. The number of carbonyl (C=O) groups is 1. The molecule has 2 aromatic heterocycles. The van der Waals surface area contributed by atoms with Crippen molar-refractivity contribution in [1.82, 2.24) is 25.5 Å². The van der Waals surface area contributed by atoms with E-state index in [0.29, 0.717) is 12.4 Å². The lowest BCUT2D eigenvalue weighted by Gasteiger charge is -2.33. The molecule has 1 fully saturated rings. The second kappa shape index (κ2) is 8.69. The third-order valence-electron chi connectivity index (χ3n) is 5.62. The molecule has 0 bridgehead atoms. The van der Waals surface area contributed by atoms with Gasteiger partial charge in [0.1, 0.15) is 5.82 Å². The van der Waals surface area contributed by atoms with Crippen LogP contribution in [0.5, 0.6) is 5.88 Å². The van der Waals surface area contributed by atoms with Crippen LogP contribution >= 0.6 is 0 Å². The lowest BCUT2D eigenvalue weighted by atomic mass is 9.95. The number of carbonyl (C=O) groups excluding carboxylic acids is 1. The number of aromatic nitrogens is 4. The predicted molar refractivity (Wildman–Crippen MR) is 115 cm³/mol. The topological polar surface area (TPSA) is 96.0 Å². The van der Waals surface area contributed by atoms with Crippen molar-refractivity contribution < 1.29 is 9.53 Å². The van der Waals surface area contributed by atoms with Gasteiger partial charge in [-0.25, -0.2) is 4.98 Å². The SMILES string of the molecule is COc1ccc(N2CCCC(C(=O)NC(c3nc4ccccc4[nH]3)C(C)C)C2)nn1. The van der Waals surface area contributed by atoms with Crippen molar-refractivity contribution in [3.63, 3.8) is 0 Å². The van der Waals surface area contributed by atoms with E-state index in [0.717, 1.165) is 42.1 Å². The van der Waals surface area contributed by atoms with Gasteiger partial charge < -0.3 is 19.9 Å². The van der Waals surface area contributed by atoms with Crippen molar-refractivity contribution in [3.8, 4) is 5.88 Å². The van der Waals surface area contributed by atoms with Crippen LogP contribution in [0.15, 0.2) is 36.4 Å². The van der Waals surface area contributed by atoms with Crippen LogP contribution in [-0.4, -0.2) is 46.3 Å². The van der Waals surface area contributed by atoms with Crippen molar-refractivity contribution in [3.05, 3.63) is 42.2 Å². The Morgan fingerprint density at radius 1 is 1.23 bits per heavy atom. The molecule has 1 aromatic carbocycles. The maximum absolute atomic E-state index is 13.1. The second-order valence-corrected chi connectivity index (χ2v) is 8.09. The standard InChI is InChI=1S/C22H28N6O2/c1-14(2)20(21-23-16-8-4-5-9-17(16)24-21)25-22(29)15-7-6-12-28(13-15)18-10-11-19(30-3)27-26-18/h4-5,8-11,14-15,20H,6-7,12-13H2,1-3H3,(H,23,24)(H,25,29). The van der Waals surface area contributed by atoms with E-state index in [1.54, 1.807) is 13.2 Å². The van der Waals surface area contributed by atoms with Gasteiger partial charge in [-0.1, -0.05) is 26.0 Å². The van der Waals surface area contributed by atoms with Gasteiger partial charge in [-0.05, 0) is 37.0 Å². The average molecular weight is 409 g/mol. The Bertz CT molecular complexity index is 967. The summed E-state index contributed by atoms with van der Waals surface area (Å²) in [6.45, 7) is 5.68. The monoisotopic (exact) mass is 408 g/mol. The first-order valence-corrected chi connectivity index (χ1v) is 10.4. The van der Waals surface area contributed by atoms with Crippen molar-refractivity contribution in [1.29, 1.82) is 0 Å². The Hall–Kier alpha value is -3.16. The number of anilines is 1. The van der Waals surface area contributed by atoms with Crippen LogP contribution in [0.4, 0.5) is 5.82 Å². The van der Waals surface area contributed by atoms with Gasteiger partial charge in [-0.15, -0.1) is 10.2 Å². The molecule has 0 radical (unpaired) electrons. The first-order valence-electron chi connectivity index (χ1n) is 10.4. The number of methoxy groups -OCH3 is 1. The van der Waals surface area contributed by atoms with Crippen molar-refractivity contribution in [2.24, 2.45) is 11.8 Å². The number of benzene rings is 1. The highest BCUT2D eigenvalue weighted by molar-refractivity contribution is 5.80. The number of para-hydroxylation sites is 2. The minimum absolute atomic E-state index is 0.0559. The average Bonchev–Trinajstić information content (AvgIpc) is 3.21. The zero-order chi connectivity index (χ0) is 21.1. The van der Waals surface area contributed by atoms with Gasteiger partial charge in [0.15, 0.2) is 5.82 Å².